The minimum atomic E-state index is -0.514. The van der Waals surface area contributed by atoms with Crippen molar-refractivity contribution < 1.29 is 19.1 Å². The van der Waals surface area contributed by atoms with Gasteiger partial charge in [-0.05, 0) is 30.9 Å². The van der Waals surface area contributed by atoms with Crippen LogP contribution in [-0.2, 0) is 22.6 Å². The summed E-state index contributed by atoms with van der Waals surface area (Å²) >= 11 is 0. The summed E-state index contributed by atoms with van der Waals surface area (Å²) in [5.74, 6) is -0.632. The fraction of sp³-hybridized carbons (Fsp3) is 0.261. The second-order valence-electron chi connectivity index (χ2n) is 7.13. The second kappa shape index (κ2) is 7.54. The molecule has 29 heavy (non-hydrogen) atoms. The molecular weight excluding hydrogens is 370 g/mol. The van der Waals surface area contributed by atoms with Crippen LogP contribution in [0.4, 0.5) is 0 Å². The normalized spacial score (nSPS) is 13.0. The number of ether oxygens (including phenoxy) is 2. The number of hydrogen-bond donors (Lipinski definition) is 0. The summed E-state index contributed by atoms with van der Waals surface area (Å²) < 4.78 is 12.5. The fourth-order valence-corrected chi connectivity index (χ4v) is 4.00. The molecule has 0 spiro atoms. The highest BCUT2D eigenvalue weighted by molar-refractivity contribution is 6.03. The Hall–Kier alpha value is -3.41. The molecule has 0 N–H and O–H groups in total. The maximum atomic E-state index is 13.3. The summed E-state index contributed by atoms with van der Waals surface area (Å²) in [6.07, 6.45) is 2.67. The van der Waals surface area contributed by atoms with E-state index in [1.54, 1.807) is 10.6 Å². The zero-order chi connectivity index (χ0) is 20.5. The summed E-state index contributed by atoms with van der Waals surface area (Å²) in [6, 6.07) is 12.8. The quantitative estimate of drug-likeness (QED) is 0.501. The molecular formula is C23H21NO5. The monoisotopic (exact) mass is 391 g/mol. The number of pyridine rings is 1. The largest absolute Gasteiger partial charge is 0.427 e. The highest BCUT2D eigenvalue weighted by atomic mass is 16.5. The number of carbonyl (C=O) groups is 2. The maximum Gasteiger partial charge on any atom is 0.308 e. The molecule has 2 heterocycles. The van der Waals surface area contributed by atoms with Gasteiger partial charge in [0.05, 0.1) is 5.39 Å². The lowest BCUT2D eigenvalue weighted by Gasteiger charge is -2.24. The molecule has 0 radical (unpaired) electrons. The molecule has 0 aliphatic carbocycles. The molecule has 6 nitrogen and oxygen atoms in total. The lowest BCUT2D eigenvalue weighted by molar-refractivity contribution is -0.132. The molecule has 0 fully saturated rings. The smallest absolute Gasteiger partial charge is 0.308 e. The molecule has 0 unspecified atom stereocenters. The Kier molecular flexibility index (Phi) is 4.92. The fourth-order valence-electron chi connectivity index (χ4n) is 4.00. The van der Waals surface area contributed by atoms with Crippen LogP contribution in [0.25, 0.3) is 21.9 Å². The van der Waals surface area contributed by atoms with Gasteiger partial charge in [0.1, 0.15) is 11.5 Å². The zero-order valence-corrected chi connectivity index (χ0v) is 16.4. The van der Waals surface area contributed by atoms with Crippen molar-refractivity contribution in [3.63, 3.8) is 0 Å². The highest BCUT2D eigenvalue weighted by Crippen LogP contribution is 2.40. The first-order valence-corrected chi connectivity index (χ1v) is 9.61. The number of nitrogens with zero attached hydrogens (tertiary/aromatic N) is 1. The van der Waals surface area contributed by atoms with Gasteiger partial charge in [0.2, 0.25) is 0 Å². The van der Waals surface area contributed by atoms with E-state index < -0.39 is 11.9 Å². The third-order valence-corrected chi connectivity index (χ3v) is 5.04. The van der Waals surface area contributed by atoms with Crippen molar-refractivity contribution in [3.05, 3.63) is 58.5 Å². The molecule has 1 aromatic heterocycles. The first-order chi connectivity index (χ1) is 14.0. The summed E-state index contributed by atoms with van der Waals surface area (Å²) in [5, 5.41) is 0.935. The van der Waals surface area contributed by atoms with E-state index in [9.17, 15) is 14.4 Å². The van der Waals surface area contributed by atoms with Gasteiger partial charge in [0.15, 0.2) is 0 Å². The van der Waals surface area contributed by atoms with E-state index in [4.69, 9.17) is 9.47 Å². The van der Waals surface area contributed by atoms with E-state index in [1.165, 1.54) is 19.9 Å². The Morgan fingerprint density at radius 1 is 0.966 bits per heavy atom. The Bertz CT molecular complexity index is 1180. The second-order valence-corrected chi connectivity index (χ2v) is 7.13. The van der Waals surface area contributed by atoms with Crippen molar-refractivity contribution in [1.82, 2.24) is 4.57 Å². The Morgan fingerprint density at radius 2 is 1.69 bits per heavy atom. The number of rotatable bonds is 3. The van der Waals surface area contributed by atoms with Gasteiger partial charge < -0.3 is 14.0 Å². The summed E-state index contributed by atoms with van der Waals surface area (Å²) in [6.45, 7) is 3.22. The minimum absolute atomic E-state index is 0.170. The maximum absolute atomic E-state index is 13.3. The van der Waals surface area contributed by atoms with Crippen LogP contribution in [0.5, 0.6) is 11.5 Å². The van der Waals surface area contributed by atoms with E-state index in [-0.39, 0.29) is 17.1 Å². The molecule has 0 saturated heterocycles. The lowest BCUT2D eigenvalue weighted by atomic mass is 9.92. The lowest BCUT2D eigenvalue weighted by Crippen LogP contribution is -2.28. The van der Waals surface area contributed by atoms with Crippen molar-refractivity contribution in [3.8, 4) is 22.6 Å². The SMILES string of the molecule is CC(=O)Oc1cc(OC(C)=O)c2c(-c3ccccc3)c3n(c(=O)c2c1)CCCC3. The molecule has 3 aromatic rings. The van der Waals surface area contributed by atoms with Crippen LogP contribution >= 0.6 is 0 Å². The van der Waals surface area contributed by atoms with Crippen molar-refractivity contribution in [2.24, 2.45) is 0 Å². The zero-order valence-electron chi connectivity index (χ0n) is 16.4. The van der Waals surface area contributed by atoms with Crippen molar-refractivity contribution in [2.45, 2.75) is 39.7 Å². The minimum Gasteiger partial charge on any atom is -0.427 e. The summed E-state index contributed by atoms with van der Waals surface area (Å²) in [7, 11) is 0. The number of hydrogen-bond acceptors (Lipinski definition) is 5. The Morgan fingerprint density at radius 3 is 2.38 bits per heavy atom. The van der Waals surface area contributed by atoms with Crippen molar-refractivity contribution in [2.75, 3.05) is 0 Å². The number of carbonyl (C=O) groups excluding carboxylic acids is 2. The van der Waals surface area contributed by atoms with E-state index in [0.717, 1.165) is 36.1 Å². The van der Waals surface area contributed by atoms with Crippen LogP contribution in [0, 0.1) is 0 Å². The molecule has 0 bridgehead atoms. The predicted octanol–water partition coefficient (Wildman–Crippen LogP) is 3.86. The number of aromatic nitrogens is 1. The van der Waals surface area contributed by atoms with Crippen LogP contribution < -0.4 is 15.0 Å². The standard InChI is InChI=1S/C23H21NO5/c1-14(25)28-17-12-18-22(20(13-17)29-15(2)26)21(16-8-4-3-5-9-16)19-10-6-7-11-24(19)23(18)27/h3-5,8-9,12-13H,6-7,10-11H2,1-2H3. The molecule has 1 aliphatic rings. The number of benzene rings is 2. The van der Waals surface area contributed by atoms with Gasteiger partial charge in [-0.2, -0.15) is 0 Å². The first kappa shape index (κ1) is 18.9. The number of esters is 2. The molecule has 148 valence electrons. The van der Waals surface area contributed by atoms with E-state index in [2.05, 4.69) is 0 Å². The average molecular weight is 391 g/mol. The third kappa shape index (κ3) is 3.53. The molecule has 0 atom stereocenters. The summed E-state index contributed by atoms with van der Waals surface area (Å²) in [4.78, 5) is 36.6. The average Bonchev–Trinajstić information content (AvgIpc) is 2.69. The molecule has 0 saturated carbocycles. The van der Waals surface area contributed by atoms with E-state index in [0.29, 0.717) is 17.3 Å². The van der Waals surface area contributed by atoms with E-state index in [1.807, 2.05) is 30.3 Å². The van der Waals surface area contributed by atoms with E-state index >= 15 is 0 Å². The first-order valence-electron chi connectivity index (χ1n) is 9.61. The Labute approximate surface area is 167 Å². The van der Waals surface area contributed by atoms with Gasteiger partial charge in [-0.1, -0.05) is 30.3 Å². The van der Waals surface area contributed by atoms with Crippen molar-refractivity contribution >= 4 is 22.7 Å². The summed E-state index contributed by atoms with van der Waals surface area (Å²) in [5.41, 5.74) is 2.59. The molecule has 6 heteroatoms. The predicted molar refractivity (Wildman–Crippen MR) is 109 cm³/mol. The van der Waals surface area contributed by atoms with Gasteiger partial charge >= 0.3 is 11.9 Å². The van der Waals surface area contributed by atoms with Gasteiger partial charge in [-0.25, -0.2) is 0 Å². The molecule has 2 aromatic carbocycles. The third-order valence-electron chi connectivity index (χ3n) is 5.04. The Balaban J connectivity index is 2.15. The number of fused-ring (bicyclic) bond motifs is 2. The van der Waals surface area contributed by atoms with Gasteiger partial charge in [0, 0.05) is 43.1 Å². The van der Waals surface area contributed by atoms with Crippen LogP contribution in [-0.4, -0.2) is 16.5 Å². The molecule has 0 amide bonds. The van der Waals surface area contributed by atoms with Gasteiger partial charge in [0.25, 0.3) is 5.56 Å². The highest BCUT2D eigenvalue weighted by Gasteiger charge is 2.24. The van der Waals surface area contributed by atoms with Crippen molar-refractivity contribution in [1.29, 1.82) is 0 Å². The van der Waals surface area contributed by atoms with Crippen LogP contribution in [0.1, 0.15) is 32.4 Å². The van der Waals surface area contributed by atoms with Gasteiger partial charge in [-0.15, -0.1) is 0 Å². The van der Waals surface area contributed by atoms with Crippen LogP contribution in [0.15, 0.2) is 47.3 Å². The van der Waals surface area contributed by atoms with Crippen LogP contribution in [0.2, 0.25) is 0 Å². The van der Waals surface area contributed by atoms with Crippen LogP contribution in [0.3, 0.4) is 0 Å². The topological polar surface area (TPSA) is 74.6 Å². The molecule has 4 rings (SSSR count). The van der Waals surface area contributed by atoms with Gasteiger partial charge in [-0.3, -0.25) is 14.4 Å². The molecule has 1 aliphatic heterocycles.